The molecule has 1 aromatic rings. The van der Waals surface area contributed by atoms with Gasteiger partial charge in [-0.3, -0.25) is 0 Å². The van der Waals surface area contributed by atoms with Crippen molar-refractivity contribution >= 4 is 5.97 Å². The van der Waals surface area contributed by atoms with Crippen molar-refractivity contribution in [2.45, 2.75) is 26.8 Å². The van der Waals surface area contributed by atoms with Crippen LogP contribution in [0.25, 0.3) is 0 Å². The Hall–Kier alpha value is -1.25. The monoisotopic (exact) mass is 193 g/mol. The highest BCUT2D eigenvalue weighted by molar-refractivity contribution is 5.88. The molecule has 0 radical (unpaired) electrons. The van der Waals surface area contributed by atoms with Crippen molar-refractivity contribution in [3.05, 3.63) is 23.5 Å². The third kappa shape index (κ3) is 1.33. The molecule has 0 amide bonds. The summed E-state index contributed by atoms with van der Waals surface area (Å²) in [6.45, 7) is 5.32. The largest absolute Gasteiger partial charge is 0.464 e. The Bertz CT molecular complexity index is 377. The summed E-state index contributed by atoms with van der Waals surface area (Å²) in [5.74, 6) is -0.242. The number of methoxy groups -OCH3 is 1. The van der Waals surface area contributed by atoms with Gasteiger partial charge in [-0.2, -0.15) is 0 Å². The second-order valence-corrected chi connectivity index (χ2v) is 4.63. The van der Waals surface area contributed by atoms with Gasteiger partial charge in [0.05, 0.1) is 7.11 Å². The van der Waals surface area contributed by atoms with E-state index in [2.05, 4.69) is 18.4 Å². The Morgan fingerprint density at radius 3 is 2.86 bits per heavy atom. The van der Waals surface area contributed by atoms with Gasteiger partial charge in [-0.1, -0.05) is 13.8 Å². The highest BCUT2D eigenvalue weighted by Crippen LogP contribution is 2.33. The van der Waals surface area contributed by atoms with E-state index >= 15 is 0 Å². The lowest BCUT2D eigenvalue weighted by Gasteiger charge is -2.15. The Morgan fingerprint density at radius 1 is 1.50 bits per heavy atom. The number of esters is 1. The predicted molar refractivity (Wildman–Crippen MR) is 53.3 cm³/mol. The molecule has 0 saturated carbocycles. The Balaban J connectivity index is 2.37. The minimum Gasteiger partial charge on any atom is -0.464 e. The maximum Gasteiger partial charge on any atom is 0.354 e. The zero-order valence-electron chi connectivity index (χ0n) is 8.83. The molecule has 0 atom stereocenters. The van der Waals surface area contributed by atoms with Gasteiger partial charge in [-0.15, -0.1) is 0 Å². The molecule has 14 heavy (non-hydrogen) atoms. The summed E-state index contributed by atoms with van der Waals surface area (Å²) in [6, 6.07) is 3.86. The third-order valence-electron chi connectivity index (χ3n) is 2.71. The number of carbonyl (C=O) groups is 1. The van der Waals surface area contributed by atoms with Crippen LogP contribution < -0.4 is 0 Å². The van der Waals surface area contributed by atoms with Crippen molar-refractivity contribution in [1.82, 2.24) is 4.57 Å². The zero-order chi connectivity index (χ0) is 10.3. The molecule has 0 aliphatic carbocycles. The molecule has 0 spiro atoms. The summed E-state index contributed by atoms with van der Waals surface area (Å²) < 4.78 is 6.79. The van der Waals surface area contributed by atoms with Crippen LogP contribution >= 0.6 is 0 Å². The van der Waals surface area contributed by atoms with Crippen LogP contribution in [0.2, 0.25) is 0 Å². The highest BCUT2D eigenvalue weighted by atomic mass is 16.5. The standard InChI is InChI=1S/C11H15NO2/c1-11(2)6-8-4-5-9(10(13)14-3)12(8)7-11/h4-5H,6-7H2,1-3H3. The summed E-state index contributed by atoms with van der Waals surface area (Å²) in [6.07, 6.45) is 1.03. The lowest BCUT2D eigenvalue weighted by Crippen LogP contribution is -2.15. The summed E-state index contributed by atoms with van der Waals surface area (Å²) >= 11 is 0. The summed E-state index contributed by atoms with van der Waals surface area (Å²) in [7, 11) is 1.42. The first kappa shape index (κ1) is 9.31. The average Bonchev–Trinajstić information content (AvgIpc) is 2.58. The Kier molecular flexibility index (Phi) is 1.91. The number of fused-ring (bicyclic) bond motifs is 1. The van der Waals surface area contributed by atoms with Crippen molar-refractivity contribution in [1.29, 1.82) is 0 Å². The van der Waals surface area contributed by atoms with Crippen LogP contribution in [0.3, 0.4) is 0 Å². The number of rotatable bonds is 1. The summed E-state index contributed by atoms with van der Waals surface area (Å²) in [5.41, 5.74) is 2.17. The topological polar surface area (TPSA) is 31.2 Å². The molecular formula is C11H15NO2. The minimum atomic E-state index is -0.242. The number of nitrogens with zero attached hydrogens (tertiary/aromatic N) is 1. The van der Waals surface area contributed by atoms with Gasteiger partial charge in [-0.05, 0) is 24.0 Å². The smallest absolute Gasteiger partial charge is 0.354 e. The van der Waals surface area contributed by atoms with Gasteiger partial charge in [0.15, 0.2) is 0 Å². The molecule has 1 aromatic heterocycles. The SMILES string of the molecule is COC(=O)c1ccc2n1CC(C)(C)C2. The van der Waals surface area contributed by atoms with Gasteiger partial charge in [0, 0.05) is 12.2 Å². The molecular weight excluding hydrogens is 178 g/mol. The van der Waals surface area contributed by atoms with Crippen molar-refractivity contribution in [3.63, 3.8) is 0 Å². The maximum absolute atomic E-state index is 11.4. The molecule has 1 aliphatic rings. The zero-order valence-corrected chi connectivity index (χ0v) is 8.83. The molecule has 1 aliphatic heterocycles. The first-order valence-electron chi connectivity index (χ1n) is 4.80. The molecule has 0 bridgehead atoms. The van der Waals surface area contributed by atoms with E-state index in [1.807, 2.05) is 12.1 Å². The first-order chi connectivity index (χ1) is 6.53. The molecule has 3 heteroatoms. The second-order valence-electron chi connectivity index (χ2n) is 4.63. The number of aromatic nitrogens is 1. The molecule has 0 saturated heterocycles. The molecule has 0 N–H and O–H groups in total. The Morgan fingerprint density at radius 2 is 2.21 bits per heavy atom. The van der Waals surface area contributed by atoms with Crippen molar-refractivity contribution < 1.29 is 9.53 Å². The van der Waals surface area contributed by atoms with E-state index in [0.29, 0.717) is 5.69 Å². The fourth-order valence-corrected chi connectivity index (χ4v) is 2.11. The molecule has 0 fully saturated rings. The van der Waals surface area contributed by atoms with Gasteiger partial charge >= 0.3 is 5.97 Å². The van der Waals surface area contributed by atoms with Gasteiger partial charge in [-0.25, -0.2) is 4.79 Å². The van der Waals surface area contributed by atoms with Crippen LogP contribution in [0, 0.1) is 5.41 Å². The van der Waals surface area contributed by atoms with Crippen LogP contribution in [0.15, 0.2) is 12.1 Å². The van der Waals surface area contributed by atoms with Crippen LogP contribution in [0.5, 0.6) is 0 Å². The average molecular weight is 193 g/mol. The highest BCUT2D eigenvalue weighted by Gasteiger charge is 2.31. The Labute approximate surface area is 83.7 Å². The molecule has 3 nitrogen and oxygen atoms in total. The lowest BCUT2D eigenvalue weighted by molar-refractivity contribution is 0.0587. The third-order valence-corrected chi connectivity index (χ3v) is 2.71. The van der Waals surface area contributed by atoms with Crippen molar-refractivity contribution in [2.24, 2.45) is 5.41 Å². The van der Waals surface area contributed by atoms with E-state index in [-0.39, 0.29) is 11.4 Å². The molecule has 2 rings (SSSR count). The molecule has 2 heterocycles. The van der Waals surface area contributed by atoms with Crippen LogP contribution in [0.4, 0.5) is 0 Å². The van der Waals surface area contributed by atoms with Crippen LogP contribution in [0.1, 0.15) is 30.0 Å². The fraction of sp³-hybridized carbons (Fsp3) is 0.545. The van der Waals surface area contributed by atoms with E-state index < -0.39 is 0 Å². The maximum atomic E-state index is 11.4. The van der Waals surface area contributed by atoms with Crippen molar-refractivity contribution in [3.8, 4) is 0 Å². The normalized spacial score (nSPS) is 17.9. The second kappa shape index (κ2) is 2.87. The number of carbonyl (C=O) groups excluding carboxylic acids is 1. The fourth-order valence-electron chi connectivity index (χ4n) is 2.11. The van der Waals surface area contributed by atoms with Crippen LogP contribution in [-0.4, -0.2) is 17.6 Å². The van der Waals surface area contributed by atoms with E-state index in [0.717, 1.165) is 13.0 Å². The van der Waals surface area contributed by atoms with E-state index in [4.69, 9.17) is 4.74 Å². The summed E-state index contributed by atoms with van der Waals surface area (Å²) in [5, 5.41) is 0. The van der Waals surface area contributed by atoms with Crippen LogP contribution in [-0.2, 0) is 17.7 Å². The molecule has 0 aromatic carbocycles. The molecule has 76 valence electrons. The predicted octanol–water partition coefficient (Wildman–Crippen LogP) is 1.86. The van der Waals surface area contributed by atoms with E-state index in [1.54, 1.807) is 0 Å². The first-order valence-corrected chi connectivity index (χ1v) is 4.80. The minimum absolute atomic E-state index is 0.242. The summed E-state index contributed by atoms with van der Waals surface area (Å²) in [4.78, 5) is 11.4. The quantitative estimate of drug-likeness (QED) is 0.637. The van der Waals surface area contributed by atoms with Crippen molar-refractivity contribution in [2.75, 3.05) is 7.11 Å². The van der Waals surface area contributed by atoms with Gasteiger partial charge in [0.2, 0.25) is 0 Å². The van der Waals surface area contributed by atoms with E-state index in [1.165, 1.54) is 12.8 Å². The lowest BCUT2D eigenvalue weighted by atomic mass is 9.91. The number of hydrogen-bond donors (Lipinski definition) is 0. The van der Waals surface area contributed by atoms with Gasteiger partial charge < -0.3 is 9.30 Å². The number of hydrogen-bond acceptors (Lipinski definition) is 2. The number of ether oxygens (including phenoxy) is 1. The molecule has 0 unspecified atom stereocenters. The van der Waals surface area contributed by atoms with E-state index in [9.17, 15) is 4.79 Å². The van der Waals surface area contributed by atoms with Gasteiger partial charge in [0.25, 0.3) is 0 Å². The van der Waals surface area contributed by atoms with Gasteiger partial charge in [0.1, 0.15) is 5.69 Å².